The van der Waals surface area contributed by atoms with Crippen LogP contribution in [0, 0.1) is 3.95 Å². The molecule has 2 heterocycles. The summed E-state index contributed by atoms with van der Waals surface area (Å²) in [6, 6.07) is 0.657. The molecule has 0 spiro atoms. The van der Waals surface area contributed by atoms with Crippen molar-refractivity contribution >= 4 is 34.6 Å². The molecule has 8 heteroatoms. The number of nitrogens with zero attached hydrogens (tertiary/aromatic N) is 4. The van der Waals surface area contributed by atoms with Crippen LogP contribution in [0.5, 0.6) is 0 Å². The highest BCUT2D eigenvalue weighted by molar-refractivity contribution is 7.73. The number of hydrogen-bond donors (Lipinski definition) is 0. The summed E-state index contributed by atoms with van der Waals surface area (Å²) in [5.74, 6) is 0.0479. The highest BCUT2D eigenvalue weighted by Gasteiger charge is 2.34. The molecule has 0 aromatic carbocycles. The monoisotopic (exact) mass is 342 g/mol. The lowest BCUT2D eigenvalue weighted by molar-refractivity contribution is -0.116. The first-order chi connectivity index (χ1) is 10.5. The van der Waals surface area contributed by atoms with Crippen molar-refractivity contribution in [3.05, 3.63) is 3.95 Å². The minimum absolute atomic E-state index is 0.0479. The van der Waals surface area contributed by atoms with Crippen molar-refractivity contribution in [3.63, 3.8) is 0 Å². The third-order valence-electron chi connectivity index (χ3n) is 4.11. The van der Waals surface area contributed by atoms with Crippen LogP contribution in [0.25, 0.3) is 0 Å². The predicted octanol–water partition coefficient (Wildman–Crippen LogP) is 2.26. The van der Waals surface area contributed by atoms with Crippen LogP contribution in [0.1, 0.15) is 33.6 Å². The number of rotatable bonds is 4. The van der Waals surface area contributed by atoms with Gasteiger partial charge in [-0.15, -0.1) is 5.10 Å². The Morgan fingerprint density at radius 2 is 2.23 bits per heavy atom. The largest absolute Gasteiger partial charge is 0.376 e. The van der Waals surface area contributed by atoms with Crippen LogP contribution in [0.15, 0.2) is 0 Å². The molecule has 2 atom stereocenters. The van der Waals surface area contributed by atoms with Gasteiger partial charge in [0.15, 0.2) is 3.95 Å². The molecule has 1 saturated carbocycles. The van der Waals surface area contributed by atoms with Crippen LogP contribution in [0.2, 0.25) is 0 Å². The average molecular weight is 342 g/mol. The summed E-state index contributed by atoms with van der Waals surface area (Å²) in [5.41, 5.74) is 0. The highest BCUT2D eigenvalue weighted by Crippen LogP contribution is 2.33. The lowest BCUT2D eigenvalue weighted by Crippen LogP contribution is -2.47. The minimum Gasteiger partial charge on any atom is -0.376 e. The quantitative estimate of drug-likeness (QED) is 0.786. The van der Waals surface area contributed by atoms with E-state index in [0.717, 1.165) is 31.1 Å². The van der Waals surface area contributed by atoms with Gasteiger partial charge in [0.25, 0.3) is 0 Å². The summed E-state index contributed by atoms with van der Waals surface area (Å²) in [5, 5.41) is 5.33. The molecule has 3 rings (SSSR count). The third kappa shape index (κ3) is 3.40. The van der Waals surface area contributed by atoms with Gasteiger partial charge in [-0.3, -0.25) is 14.6 Å². The fraction of sp³-hybridized carbons (Fsp3) is 0.786. The summed E-state index contributed by atoms with van der Waals surface area (Å²) in [6.45, 7) is 8.07. The van der Waals surface area contributed by atoms with E-state index in [1.54, 1.807) is 11.8 Å². The van der Waals surface area contributed by atoms with Crippen LogP contribution in [0.3, 0.4) is 0 Å². The van der Waals surface area contributed by atoms with Gasteiger partial charge in [-0.2, -0.15) is 0 Å². The Bertz CT molecular complexity index is 610. The van der Waals surface area contributed by atoms with E-state index in [2.05, 4.69) is 23.8 Å². The normalized spacial score (nSPS) is 26.1. The summed E-state index contributed by atoms with van der Waals surface area (Å²) >= 11 is 6.87. The Balaban J connectivity index is 1.77. The first-order valence-corrected chi connectivity index (χ1v) is 8.91. The third-order valence-corrected chi connectivity index (χ3v) is 5.41. The maximum atomic E-state index is 11.9. The molecule has 1 aliphatic carbocycles. The van der Waals surface area contributed by atoms with E-state index >= 15 is 0 Å². The van der Waals surface area contributed by atoms with Crippen molar-refractivity contribution in [2.45, 2.75) is 58.5 Å². The van der Waals surface area contributed by atoms with Crippen molar-refractivity contribution in [2.24, 2.45) is 0 Å². The molecule has 1 aliphatic heterocycles. The second-order valence-electron chi connectivity index (χ2n) is 6.18. The van der Waals surface area contributed by atoms with Crippen LogP contribution >= 0.6 is 23.6 Å². The summed E-state index contributed by atoms with van der Waals surface area (Å²) in [7, 11) is 0. The number of morpholine rings is 1. The number of carbonyl (C=O) groups is 1. The SMILES string of the molecule is CC(=O)N(c1nn(CN2CC(C)OCC2C)c(=S)s1)C1CC1. The van der Waals surface area contributed by atoms with Gasteiger partial charge >= 0.3 is 0 Å². The van der Waals surface area contributed by atoms with E-state index < -0.39 is 0 Å². The van der Waals surface area contributed by atoms with Crippen molar-refractivity contribution in [1.29, 1.82) is 0 Å². The smallest absolute Gasteiger partial charge is 0.225 e. The van der Waals surface area contributed by atoms with E-state index in [0.29, 0.717) is 22.7 Å². The Morgan fingerprint density at radius 1 is 1.50 bits per heavy atom. The average Bonchev–Trinajstić information content (AvgIpc) is 3.20. The van der Waals surface area contributed by atoms with Crippen molar-refractivity contribution in [2.75, 3.05) is 18.1 Å². The predicted molar refractivity (Wildman–Crippen MR) is 88.7 cm³/mol. The van der Waals surface area contributed by atoms with Gasteiger partial charge < -0.3 is 4.74 Å². The molecule has 0 radical (unpaired) electrons. The number of ether oxygens (including phenoxy) is 1. The Kier molecular flexibility index (Phi) is 4.63. The number of hydrogen-bond acceptors (Lipinski definition) is 6. The van der Waals surface area contributed by atoms with Gasteiger partial charge in [0, 0.05) is 25.6 Å². The van der Waals surface area contributed by atoms with Gasteiger partial charge in [0.05, 0.1) is 19.4 Å². The first-order valence-electron chi connectivity index (χ1n) is 7.69. The Hall–Kier alpha value is -0.830. The summed E-state index contributed by atoms with van der Waals surface area (Å²) in [6.07, 6.45) is 2.34. The van der Waals surface area contributed by atoms with E-state index in [-0.39, 0.29) is 12.0 Å². The second kappa shape index (κ2) is 6.35. The van der Waals surface area contributed by atoms with E-state index in [1.165, 1.54) is 11.3 Å². The van der Waals surface area contributed by atoms with Crippen LogP contribution in [-0.4, -0.2) is 51.9 Å². The van der Waals surface area contributed by atoms with Crippen LogP contribution in [0.4, 0.5) is 5.13 Å². The standard InChI is InChI=1S/C14H22N4O2S2/c1-9-7-20-10(2)6-16(9)8-17-14(21)22-13(15-17)18(11(3)19)12-4-5-12/h9-10,12H,4-8H2,1-3H3. The van der Waals surface area contributed by atoms with Gasteiger partial charge in [-0.25, -0.2) is 4.68 Å². The lowest BCUT2D eigenvalue weighted by atomic mass is 10.2. The number of carbonyl (C=O) groups excluding carboxylic acids is 1. The van der Waals surface area contributed by atoms with E-state index in [1.807, 2.05) is 4.68 Å². The summed E-state index contributed by atoms with van der Waals surface area (Å²) in [4.78, 5) is 16.0. The maximum Gasteiger partial charge on any atom is 0.225 e. The minimum atomic E-state index is 0.0479. The zero-order valence-electron chi connectivity index (χ0n) is 13.2. The lowest BCUT2D eigenvalue weighted by Gasteiger charge is -2.36. The summed E-state index contributed by atoms with van der Waals surface area (Å²) < 4.78 is 8.21. The van der Waals surface area contributed by atoms with Crippen LogP contribution in [-0.2, 0) is 16.2 Å². The number of amides is 1. The van der Waals surface area contributed by atoms with Gasteiger partial charge in [0.2, 0.25) is 11.0 Å². The molecule has 2 aliphatic rings. The van der Waals surface area contributed by atoms with Crippen molar-refractivity contribution < 1.29 is 9.53 Å². The molecular weight excluding hydrogens is 320 g/mol. The first kappa shape index (κ1) is 16.0. The zero-order valence-corrected chi connectivity index (χ0v) is 14.8. The molecule has 0 N–H and O–H groups in total. The van der Waals surface area contributed by atoms with Gasteiger partial charge in [-0.1, -0.05) is 11.3 Å². The van der Waals surface area contributed by atoms with Gasteiger partial charge in [-0.05, 0) is 38.9 Å². The number of anilines is 1. The highest BCUT2D eigenvalue weighted by atomic mass is 32.1. The molecule has 6 nitrogen and oxygen atoms in total. The van der Waals surface area contributed by atoms with Crippen LogP contribution < -0.4 is 4.90 Å². The molecule has 1 amide bonds. The molecule has 22 heavy (non-hydrogen) atoms. The van der Waals surface area contributed by atoms with E-state index in [4.69, 9.17) is 17.0 Å². The Morgan fingerprint density at radius 3 is 2.86 bits per heavy atom. The molecule has 122 valence electrons. The fourth-order valence-electron chi connectivity index (χ4n) is 2.70. The molecule has 1 aromatic rings. The fourth-order valence-corrected chi connectivity index (χ4v) is 3.90. The molecule has 2 unspecified atom stereocenters. The van der Waals surface area contributed by atoms with Crippen molar-refractivity contribution in [1.82, 2.24) is 14.7 Å². The van der Waals surface area contributed by atoms with E-state index in [9.17, 15) is 4.79 Å². The van der Waals surface area contributed by atoms with Gasteiger partial charge in [0.1, 0.15) is 0 Å². The molecular formula is C14H22N4O2S2. The molecule has 1 aromatic heterocycles. The zero-order chi connectivity index (χ0) is 15.9. The molecule has 2 fully saturated rings. The molecule has 0 bridgehead atoms. The second-order valence-corrected chi connectivity index (χ2v) is 7.78. The Labute approximate surface area is 139 Å². The topological polar surface area (TPSA) is 50.6 Å². The maximum absolute atomic E-state index is 11.9. The number of aromatic nitrogens is 2. The molecule has 1 saturated heterocycles. The van der Waals surface area contributed by atoms with Crippen molar-refractivity contribution in [3.8, 4) is 0 Å².